The fourth-order valence-electron chi connectivity index (χ4n) is 2.69. The van der Waals surface area contributed by atoms with E-state index in [9.17, 15) is 9.59 Å². The Hall–Kier alpha value is -2.66. The molecule has 128 valence electrons. The molecule has 3 rings (SSSR count). The summed E-state index contributed by atoms with van der Waals surface area (Å²) in [6.07, 6.45) is 0. The minimum atomic E-state index is -0.176. The van der Waals surface area contributed by atoms with Crippen molar-refractivity contribution in [1.29, 1.82) is 0 Å². The summed E-state index contributed by atoms with van der Waals surface area (Å²) in [6, 6.07) is 17.6. The van der Waals surface area contributed by atoms with Crippen molar-refractivity contribution >= 4 is 17.2 Å². The van der Waals surface area contributed by atoms with Gasteiger partial charge < -0.3 is 5.32 Å². The zero-order valence-electron chi connectivity index (χ0n) is 14.2. The van der Waals surface area contributed by atoms with Crippen LogP contribution in [0.5, 0.6) is 0 Å². The SMILES string of the molecule is Cc1ccc(-c2csc(=O)n2CC(=O)N[C@@H](C)c2ccccc2)cc1. The van der Waals surface area contributed by atoms with Crippen LogP contribution >= 0.6 is 11.3 Å². The van der Waals surface area contributed by atoms with Crippen molar-refractivity contribution in [3.8, 4) is 11.3 Å². The normalized spacial score (nSPS) is 11.9. The maximum Gasteiger partial charge on any atom is 0.308 e. The van der Waals surface area contributed by atoms with Gasteiger partial charge in [0.1, 0.15) is 6.54 Å². The van der Waals surface area contributed by atoms with E-state index in [4.69, 9.17) is 0 Å². The Bertz CT molecular complexity index is 911. The van der Waals surface area contributed by atoms with Crippen molar-refractivity contribution in [2.24, 2.45) is 0 Å². The highest BCUT2D eigenvalue weighted by atomic mass is 32.1. The average molecular weight is 352 g/mol. The molecule has 0 spiro atoms. The van der Waals surface area contributed by atoms with E-state index in [1.54, 1.807) is 5.38 Å². The maximum absolute atomic E-state index is 12.4. The second-order valence-corrected chi connectivity index (χ2v) is 6.86. The topological polar surface area (TPSA) is 51.1 Å². The summed E-state index contributed by atoms with van der Waals surface area (Å²) in [4.78, 5) is 24.5. The molecular weight excluding hydrogens is 332 g/mol. The lowest BCUT2D eigenvalue weighted by Gasteiger charge is -2.15. The number of thiazole rings is 1. The van der Waals surface area contributed by atoms with Crippen LogP contribution < -0.4 is 10.2 Å². The van der Waals surface area contributed by atoms with Gasteiger partial charge in [0.05, 0.1) is 11.7 Å². The van der Waals surface area contributed by atoms with Gasteiger partial charge in [-0.15, -0.1) is 0 Å². The molecule has 1 N–H and O–H groups in total. The van der Waals surface area contributed by atoms with E-state index in [1.165, 1.54) is 4.57 Å². The van der Waals surface area contributed by atoms with Crippen molar-refractivity contribution in [2.75, 3.05) is 0 Å². The molecule has 3 aromatic rings. The smallest absolute Gasteiger partial charge is 0.308 e. The fraction of sp³-hybridized carbons (Fsp3) is 0.200. The summed E-state index contributed by atoms with van der Waals surface area (Å²) in [6.45, 7) is 3.97. The quantitative estimate of drug-likeness (QED) is 0.760. The standard InChI is InChI=1S/C20H20N2O2S/c1-14-8-10-17(11-9-14)18-13-25-20(24)22(18)12-19(23)21-15(2)16-6-4-3-5-7-16/h3-11,13,15H,12H2,1-2H3,(H,21,23)/t15-/m0/s1. The summed E-state index contributed by atoms with van der Waals surface area (Å²) >= 11 is 1.11. The van der Waals surface area contributed by atoms with Crippen LogP contribution in [0.2, 0.25) is 0 Å². The van der Waals surface area contributed by atoms with Gasteiger partial charge in [-0.25, -0.2) is 0 Å². The predicted octanol–water partition coefficient (Wildman–Crippen LogP) is 3.76. The number of hydrogen-bond donors (Lipinski definition) is 1. The lowest BCUT2D eigenvalue weighted by atomic mass is 10.1. The second-order valence-electron chi connectivity index (χ2n) is 6.04. The zero-order valence-corrected chi connectivity index (χ0v) is 15.0. The highest BCUT2D eigenvalue weighted by molar-refractivity contribution is 7.07. The molecule has 1 aromatic heterocycles. The van der Waals surface area contributed by atoms with Gasteiger partial charge in [0, 0.05) is 5.38 Å². The molecule has 4 nitrogen and oxygen atoms in total. The predicted molar refractivity (Wildman–Crippen MR) is 102 cm³/mol. The average Bonchev–Trinajstić information content (AvgIpc) is 2.97. The van der Waals surface area contributed by atoms with Gasteiger partial charge >= 0.3 is 4.87 Å². The molecule has 0 aliphatic carbocycles. The first kappa shape index (κ1) is 17.2. The Balaban J connectivity index is 1.77. The van der Waals surface area contributed by atoms with E-state index in [-0.39, 0.29) is 23.4 Å². The Labute approximate surface area is 150 Å². The second kappa shape index (κ2) is 7.49. The van der Waals surface area contributed by atoms with E-state index in [0.29, 0.717) is 0 Å². The van der Waals surface area contributed by atoms with Crippen LogP contribution in [0.1, 0.15) is 24.1 Å². The van der Waals surface area contributed by atoms with Crippen molar-refractivity contribution in [3.63, 3.8) is 0 Å². The minimum absolute atomic E-state index is 0.0166. The summed E-state index contributed by atoms with van der Waals surface area (Å²) in [5.41, 5.74) is 3.90. The highest BCUT2D eigenvalue weighted by Crippen LogP contribution is 2.20. The molecule has 0 unspecified atom stereocenters. The van der Waals surface area contributed by atoms with Gasteiger partial charge in [-0.2, -0.15) is 0 Å². The van der Waals surface area contributed by atoms with Gasteiger partial charge in [0.15, 0.2) is 0 Å². The van der Waals surface area contributed by atoms with Gasteiger partial charge in [-0.05, 0) is 25.0 Å². The van der Waals surface area contributed by atoms with Gasteiger partial charge in [0.25, 0.3) is 0 Å². The number of benzene rings is 2. The first-order valence-electron chi connectivity index (χ1n) is 8.14. The van der Waals surface area contributed by atoms with Crippen LogP contribution in [0.3, 0.4) is 0 Å². The van der Waals surface area contributed by atoms with Crippen LogP contribution in [0.15, 0.2) is 64.8 Å². The number of amides is 1. The first-order valence-corrected chi connectivity index (χ1v) is 9.02. The van der Waals surface area contributed by atoms with E-state index >= 15 is 0 Å². The number of nitrogens with zero attached hydrogens (tertiary/aromatic N) is 1. The van der Waals surface area contributed by atoms with Gasteiger partial charge in [-0.3, -0.25) is 14.2 Å². The summed E-state index contributed by atoms with van der Waals surface area (Å²) in [7, 11) is 0. The Kier molecular flexibility index (Phi) is 5.14. The van der Waals surface area contributed by atoms with E-state index < -0.39 is 0 Å². The van der Waals surface area contributed by atoms with Gasteiger partial charge in [0.2, 0.25) is 5.91 Å². The monoisotopic (exact) mass is 352 g/mol. The molecular formula is C20H20N2O2S. The van der Waals surface area contributed by atoms with Crippen molar-refractivity contribution in [1.82, 2.24) is 9.88 Å². The van der Waals surface area contributed by atoms with Crippen LogP contribution in [-0.2, 0) is 11.3 Å². The third kappa shape index (κ3) is 4.06. The molecule has 1 amide bonds. The van der Waals surface area contributed by atoms with Crippen LogP contribution in [-0.4, -0.2) is 10.5 Å². The lowest BCUT2D eigenvalue weighted by Crippen LogP contribution is -2.32. The molecule has 1 heterocycles. The third-order valence-corrected chi connectivity index (χ3v) is 4.87. The number of aryl methyl sites for hydroxylation is 1. The molecule has 25 heavy (non-hydrogen) atoms. The van der Waals surface area contributed by atoms with Gasteiger partial charge in [-0.1, -0.05) is 71.5 Å². The molecule has 0 aliphatic heterocycles. The molecule has 0 saturated carbocycles. The number of hydrogen-bond acceptors (Lipinski definition) is 3. The number of carbonyl (C=O) groups is 1. The van der Waals surface area contributed by atoms with Crippen molar-refractivity contribution < 1.29 is 4.79 Å². The maximum atomic E-state index is 12.4. The number of nitrogens with one attached hydrogen (secondary N) is 1. The molecule has 5 heteroatoms. The number of aromatic nitrogens is 1. The van der Waals surface area contributed by atoms with E-state index in [1.807, 2.05) is 68.4 Å². The Morgan fingerprint density at radius 2 is 1.80 bits per heavy atom. The molecule has 0 aliphatic rings. The molecule has 2 aromatic carbocycles. The number of rotatable bonds is 5. The zero-order chi connectivity index (χ0) is 17.8. The summed E-state index contributed by atoms with van der Waals surface area (Å²) in [5, 5.41) is 4.76. The van der Waals surface area contributed by atoms with E-state index in [2.05, 4.69) is 5.32 Å². The molecule has 0 saturated heterocycles. The largest absolute Gasteiger partial charge is 0.348 e. The highest BCUT2D eigenvalue weighted by Gasteiger charge is 2.14. The lowest BCUT2D eigenvalue weighted by molar-refractivity contribution is -0.122. The molecule has 0 radical (unpaired) electrons. The fourth-order valence-corrected chi connectivity index (χ4v) is 3.45. The van der Waals surface area contributed by atoms with Crippen molar-refractivity contribution in [3.05, 3.63) is 80.8 Å². The van der Waals surface area contributed by atoms with Crippen LogP contribution in [0.4, 0.5) is 0 Å². The Morgan fingerprint density at radius 3 is 2.48 bits per heavy atom. The number of carbonyl (C=O) groups excluding carboxylic acids is 1. The summed E-state index contributed by atoms with van der Waals surface area (Å²) < 4.78 is 1.53. The Morgan fingerprint density at radius 1 is 1.12 bits per heavy atom. The molecule has 0 fully saturated rings. The minimum Gasteiger partial charge on any atom is -0.348 e. The summed E-state index contributed by atoms with van der Waals surface area (Å²) in [5.74, 6) is -0.176. The molecule has 0 bridgehead atoms. The van der Waals surface area contributed by atoms with Crippen molar-refractivity contribution in [2.45, 2.75) is 26.4 Å². The van der Waals surface area contributed by atoms with Crippen LogP contribution in [0, 0.1) is 6.92 Å². The van der Waals surface area contributed by atoms with E-state index in [0.717, 1.165) is 33.7 Å². The third-order valence-electron chi connectivity index (χ3n) is 4.11. The van der Waals surface area contributed by atoms with Crippen LogP contribution in [0.25, 0.3) is 11.3 Å². The first-order chi connectivity index (χ1) is 12.0. The molecule has 1 atom stereocenters.